The Kier molecular flexibility index (Phi) is 6.93. The SMILES string of the molecule is COc1ccc(C2CCCN2C(=O)COc2ccc(C(=O)c3ccccc3)cc2)cc1OC. The summed E-state index contributed by atoms with van der Waals surface area (Å²) in [4.78, 5) is 27.3. The van der Waals surface area contributed by atoms with Gasteiger partial charge in [0.2, 0.25) is 0 Å². The summed E-state index contributed by atoms with van der Waals surface area (Å²) in [5.74, 6) is 1.74. The average molecular weight is 446 g/mol. The number of ketones is 1. The van der Waals surface area contributed by atoms with Gasteiger partial charge in [0.05, 0.1) is 20.3 Å². The molecule has 3 aromatic rings. The summed E-state index contributed by atoms with van der Waals surface area (Å²) in [5, 5.41) is 0. The van der Waals surface area contributed by atoms with Crippen LogP contribution in [0.4, 0.5) is 0 Å². The normalized spacial score (nSPS) is 15.2. The van der Waals surface area contributed by atoms with E-state index in [4.69, 9.17) is 14.2 Å². The minimum Gasteiger partial charge on any atom is -0.493 e. The zero-order valence-electron chi connectivity index (χ0n) is 18.8. The first-order chi connectivity index (χ1) is 16.1. The summed E-state index contributed by atoms with van der Waals surface area (Å²) in [6.07, 6.45) is 1.82. The summed E-state index contributed by atoms with van der Waals surface area (Å²) < 4.78 is 16.5. The summed E-state index contributed by atoms with van der Waals surface area (Å²) in [6.45, 7) is 0.626. The molecular formula is C27H27NO5. The molecular weight excluding hydrogens is 418 g/mol. The Labute approximate surface area is 193 Å². The molecule has 1 saturated heterocycles. The Balaban J connectivity index is 1.38. The zero-order chi connectivity index (χ0) is 23.2. The minimum absolute atomic E-state index is 0.0215. The van der Waals surface area contributed by atoms with Gasteiger partial charge in [-0.15, -0.1) is 0 Å². The van der Waals surface area contributed by atoms with Crippen molar-refractivity contribution in [3.05, 3.63) is 89.5 Å². The Morgan fingerprint density at radius 1 is 0.879 bits per heavy atom. The lowest BCUT2D eigenvalue weighted by Gasteiger charge is -2.25. The van der Waals surface area contributed by atoms with Crippen LogP contribution in [0.5, 0.6) is 17.2 Å². The van der Waals surface area contributed by atoms with Gasteiger partial charge in [-0.2, -0.15) is 0 Å². The summed E-state index contributed by atoms with van der Waals surface area (Å²) >= 11 is 0. The highest BCUT2D eigenvalue weighted by molar-refractivity contribution is 6.09. The monoisotopic (exact) mass is 445 g/mol. The van der Waals surface area contributed by atoms with Crippen LogP contribution in [0.15, 0.2) is 72.8 Å². The zero-order valence-corrected chi connectivity index (χ0v) is 18.8. The lowest BCUT2D eigenvalue weighted by molar-refractivity contribution is -0.134. The molecule has 33 heavy (non-hydrogen) atoms. The number of likely N-dealkylation sites (tertiary alicyclic amines) is 1. The number of amides is 1. The fraction of sp³-hybridized carbons (Fsp3) is 0.259. The average Bonchev–Trinajstić information content (AvgIpc) is 3.37. The fourth-order valence-electron chi connectivity index (χ4n) is 4.16. The van der Waals surface area contributed by atoms with E-state index in [2.05, 4.69) is 0 Å². The molecule has 1 atom stereocenters. The number of hydrogen-bond acceptors (Lipinski definition) is 5. The van der Waals surface area contributed by atoms with Crippen molar-refractivity contribution < 1.29 is 23.8 Å². The molecule has 1 aliphatic heterocycles. The van der Waals surface area contributed by atoms with Crippen LogP contribution in [0.25, 0.3) is 0 Å². The molecule has 170 valence electrons. The molecule has 3 aromatic carbocycles. The van der Waals surface area contributed by atoms with E-state index in [1.807, 2.05) is 41.3 Å². The van der Waals surface area contributed by atoms with E-state index in [0.29, 0.717) is 34.9 Å². The second-order valence-electron chi connectivity index (χ2n) is 7.87. The van der Waals surface area contributed by atoms with Gasteiger partial charge >= 0.3 is 0 Å². The second-order valence-corrected chi connectivity index (χ2v) is 7.87. The Morgan fingerprint density at radius 2 is 1.58 bits per heavy atom. The first kappa shape index (κ1) is 22.4. The molecule has 1 unspecified atom stereocenters. The Hall–Kier alpha value is -3.80. The number of benzene rings is 3. The highest BCUT2D eigenvalue weighted by Gasteiger charge is 2.30. The molecule has 1 amide bonds. The predicted octanol–water partition coefficient (Wildman–Crippen LogP) is 4.68. The molecule has 0 spiro atoms. The van der Waals surface area contributed by atoms with E-state index in [-0.39, 0.29) is 24.3 Å². The van der Waals surface area contributed by atoms with Crippen molar-refractivity contribution >= 4 is 11.7 Å². The minimum atomic E-state index is -0.0725. The van der Waals surface area contributed by atoms with E-state index in [1.165, 1.54) is 0 Å². The maximum atomic E-state index is 12.9. The van der Waals surface area contributed by atoms with Crippen LogP contribution in [-0.4, -0.2) is 44.0 Å². The maximum Gasteiger partial charge on any atom is 0.261 e. The second kappa shape index (κ2) is 10.2. The maximum absolute atomic E-state index is 12.9. The van der Waals surface area contributed by atoms with E-state index in [0.717, 1.165) is 18.4 Å². The highest BCUT2D eigenvalue weighted by Crippen LogP contribution is 2.37. The number of rotatable bonds is 8. The van der Waals surface area contributed by atoms with Crippen LogP contribution in [0, 0.1) is 0 Å². The van der Waals surface area contributed by atoms with E-state index in [1.54, 1.807) is 50.6 Å². The molecule has 0 N–H and O–H groups in total. The van der Waals surface area contributed by atoms with Crippen molar-refractivity contribution in [1.29, 1.82) is 0 Å². The van der Waals surface area contributed by atoms with Crippen molar-refractivity contribution in [2.45, 2.75) is 18.9 Å². The lowest BCUT2D eigenvalue weighted by atomic mass is 10.0. The Bertz CT molecular complexity index is 1110. The van der Waals surface area contributed by atoms with Crippen molar-refractivity contribution in [2.75, 3.05) is 27.4 Å². The van der Waals surface area contributed by atoms with Crippen molar-refractivity contribution in [1.82, 2.24) is 4.90 Å². The van der Waals surface area contributed by atoms with Crippen LogP contribution in [0.2, 0.25) is 0 Å². The first-order valence-corrected chi connectivity index (χ1v) is 10.9. The fourth-order valence-corrected chi connectivity index (χ4v) is 4.16. The van der Waals surface area contributed by atoms with Crippen molar-refractivity contribution in [3.8, 4) is 17.2 Å². The number of carbonyl (C=O) groups excluding carboxylic acids is 2. The number of nitrogens with zero attached hydrogens (tertiary/aromatic N) is 1. The summed E-state index contributed by atoms with van der Waals surface area (Å²) in [6, 6.07) is 21.8. The van der Waals surface area contributed by atoms with Crippen LogP contribution >= 0.6 is 0 Å². The summed E-state index contributed by atoms with van der Waals surface area (Å²) in [7, 11) is 3.20. The van der Waals surface area contributed by atoms with Gasteiger partial charge in [0.1, 0.15) is 5.75 Å². The van der Waals surface area contributed by atoms with E-state index >= 15 is 0 Å². The van der Waals surface area contributed by atoms with E-state index < -0.39 is 0 Å². The lowest BCUT2D eigenvalue weighted by Crippen LogP contribution is -2.34. The van der Waals surface area contributed by atoms with Gasteiger partial charge < -0.3 is 19.1 Å². The molecule has 1 aliphatic rings. The molecule has 0 saturated carbocycles. The van der Waals surface area contributed by atoms with Gasteiger partial charge in [0, 0.05) is 17.7 Å². The smallest absolute Gasteiger partial charge is 0.261 e. The van der Waals surface area contributed by atoms with Gasteiger partial charge in [-0.25, -0.2) is 0 Å². The van der Waals surface area contributed by atoms with Crippen LogP contribution < -0.4 is 14.2 Å². The number of hydrogen-bond donors (Lipinski definition) is 0. The molecule has 0 radical (unpaired) electrons. The topological polar surface area (TPSA) is 65.1 Å². The molecule has 0 aromatic heterocycles. The highest BCUT2D eigenvalue weighted by atomic mass is 16.5. The number of carbonyl (C=O) groups is 2. The number of ether oxygens (including phenoxy) is 3. The third kappa shape index (κ3) is 5.00. The van der Waals surface area contributed by atoms with Gasteiger partial charge in [0.25, 0.3) is 5.91 Å². The van der Waals surface area contributed by atoms with Crippen molar-refractivity contribution in [2.24, 2.45) is 0 Å². The van der Waals surface area contributed by atoms with Gasteiger partial charge in [-0.1, -0.05) is 36.4 Å². The van der Waals surface area contributed by atoms with Crippen LogP contribution in [0.1, 0.15) is 40.4 Å². The van der Waals surface area contributed by atoms with Gasteiger partial charge in [-0.3, -0.25) is 9.59 Å². The Morgan fingerprint density at radius 3 is 2.27 bits per heavy atom. The predicted molar refractivity (Wildman–Crippen MR) is 125 cm³/mol. The summed E-state index contributed by atoms with van der Waals surface area (Å²) in [5.41, 5.74) is 2.23. The molecule has 1 fully saturated rings. The van der Waals surface area contributed by atoms with Gasteiger partial charge in [-0.05, 0) is 54.8 Å². The van der Waals surface area contributed by atoms with Gasteiger partial charge in [0.15, 0.2) is 23.9 Å². The largest absolute Gasteiger partial charge is 0.493 e. The number of methoxy groups -OCH3 is 2. The third-order valence-electron chi connectivity index (χ3n) is 5.88. The first-order valence-electron chi connectivity index (χ1n) is 10.9. The quantitative estimate of drug-likeness (QED) is 0.471. The van der Waals surface area contributed by atoms with Crippen LogP contribution in [0.3, 0.4) is 0 Å². The molecule has 1 heterocycles. The van der Waals surface area contributed by atoms with Crippen molar-refractivity contribution in [3.63, 3.8) is 0 Å². The molecule has 4 rings (SSSR count). The van der Waals surface area contributed by atoms with E-state index in [9.17, 15) is 9.59 Å². The molecule has 0 aliphatic carbocycles. The molecule has 6 heteroatoms. The molecule has 0 bridgehead atoms. The standard InChI is InChI=1S/C27H27NO5/c1-31-24-15-12-21(17-25(24)32-2)23-9-6-16-28(23)26(29)18-33-22-13-10-20(11-14-22)27(30)19-7-4-3-5-8-19/h3-5,7-8,10-15,17,23H,6,9,16,18H2,1-2H3. The molecule has 6 nitrogen and oxygen atoms in total. The third-order valence-corrected chi connectivity index (χ3v) is 5.88. The van der Waals surface area contributed by atoms with Crippen LogP contribution in [-0.2, 0) is 4.79 Å².